The van der Waals surface area contributed by atoms with Crippen LogP contribution < -0.4 is 10.2 Å². The van der Waals surface area contributed by atoms with E-state index in [0.29, 0.717) is 11.5 Å². The molecule has 0 bridgehead atoms. The molecule has 0 radical (unpaired) electrons. The Morgan fingerprint density at radius 2 is 1.56 bits per heavy atom. The molecule has 0 unspecified atom stereocenters. The van der Waals surface area contributed by atoms with Crippen LogP contribution in [0.15, 0.2) is 66.7 Å². The number of carbonyl (C=O) groups is 1. The highest BCUT2D eigenvalue weighted by atomic mass is 16.1. The molecule has 3 aromatic carbocycles. The van der Waals surface area contributed by atoms with Gasteiger partial charge in [-0.3, -0.25) is 4.79 Å². The van der Waals surface area contributed by atoms with Gasteiger partial charge in [-0.2, -0.15) is 0 Å². The number of rotatable bonds is 4. The second-order valence-corrected chi connectivity index (χ2v) is 8.88. The van der Waals surface area contributed by atoms with Crippen molar-refractivity contribution in [3.05, 3.63) is 72.4 Å². The van der Waals surface area contributed by atoms with E-state index in [4.69, 9.17) is 9.97 Å². The van der Waals surface area contributed by atoms with Crippen molar-refractivity contribution in [2.75, 3.05) is 23.3 Å². The fourth-order valence-corrected chi connectivity index (χ4v) is 5.13. The number of aryl methyl sites for hydroxylation is 1. The van der Waals surface area contributed by atoms with Crippen molar-refractivity contribution in [3.8, 4) is 0 Å². The molecule has 6 heteroatoms. The fourth-order valence-electron chi connectivity index (χ4n) is 5.13. The van der Waals surface area contributed by atoms with Crippen LogP contribution in [0.4, 0.5) is 11.5 Å². The summed E-state index contributed by atoms with van der Waals surface area (Å²) in [5.74, 6) is 0.456. The number of aromatic nitrogens is 3. The van der Waals surface area contributed by atoms with Crippen LogP contribution in [-0.4, -0.2) is 33.5 Å². The van der Waals surface area contributed by atoms with E-state index in [1.165, 1.54) is 22.8 Å². The molecule has 3 heterocycles. The van der Waals surface area contributed by atoms with Gasteiger partial charge in [0, 0.05) is 47.1 Å². The maximum atomic E-state index is 13.5. The second-order valence-electron chi connectivity index (χ2n) is 8.88. The van der Waals surface area contributed by atoms with Crippen molar-refractivity contribution >= 4 is 50.3 Å². The number of hydrogen-bond acceptors (Lipinski definition) is 4. The van der Waals surface area contributed by atoms with Crippen LogP contribution in [0.2, 0.25) is 0 Å². The van der Waals surface area contributed by atoms with Crippen molar-refractivity contribution in [2.24, 2.45) is 0 Å². The summed E-state index contributed by atoms with van der Waals surface area (Å²) in [6, 6.07) is 22.3. The topological polar surface area (TPSA) is 63.1 Å². The minimum atomic E-state index is -0.225. The Morgan fingerprint density at radius 1 is 0.853 bits per heavy atom. The lowest BCUT2D eigenvalue weighted by Crippen LogP contribution is -2.33. The molecule has 1 saturated heterocycles. The van der Waals surface area contributed by atoms with Gasteiger partial charge in [-0.25, -0.2) is 9.97 Å². The third kappa shape index (κ3) is 3.46. The Morgan fingerprint density at radius 3 is 2.35 bits per heavy atom. The fraction of sp³-hybridized carbons (Fsp3) is 0.250. The third-order valence-electron chi connectivity index (χ3n) is 6.77. The van der Waals surface area contributed by atoms with Gasteiger partial charge in [-0.1, -0.05) is 30.3 Å². The van der Waals surface area contributed by atoms with Crippen LogP contribution in [0.5, 0.6) is 0 Å². The Bertz CT molecular complexity index is 1530. The summed E-state index contributed by atoms with van der Waals surface area (Å²) < 4.78 is 2.31. The Hall–Kier alpha value is -3.93. The third-order valence-corrected chi connectivity index (χ3v) is 6.77. The Balaban J connectivity index is 1.41. The molecule has 0 spiro atoms. The van der Waals surface area contributed by atoms with Crippen molar-refractivity contribution in [3.63, 3.8) is 0 Å². The summed E-state index contributed by atoms with van der Waals surface area (Å²) in [4.78, 5) is 25.4. The summed E-state index contributed by atoms with van der Waals surface area (Å²) in [6.45, 7) is 4.84. The number of amides is 1. The number of anilines is 2. The average molecular weight is 450 g/mol. The van der Waals surface area contributed by atoms with Crippen molar-refractivity contribution in [1.82, 2.24) is 14.5 Å². The molecule has 0 saturated carbocycles. The maximum Gasteiger partial charge on any atom is 0.278 e. The van der Waals surface area contributed by atoms with Crippen LogP contribution in [-0.2, 0) is 6.54 Å². The molecule has 1 amide bonds. The van der Waals surface area contributed by atoms with Gasteiger partial charge in [0.25, 0.3) is 5.91 Å². The first-order chi connectivity index (χ1) is 16.7. The Labute approximate surface area is 198 Å². The zero-order valence-electron chi connectivity index (χ0n) is 19.3. The molecule has 6 nitrogen and oxygen atoms in total. The highest BCUT2D eigenvalue weighted by Crippen LogP contribution is 2.31. The first-order valence-corrected chi connectivity index (χ1v) is 12.1. The molecule has 1 N–H and O–H groups in total. The zero-order chi connectivity index (χ0) is 23.1. The van der Waals surface area contributed by atoms with E-state index in [2.05, 4.69) is 58.1 Å². The molecular weight excluding hydrogens is 422 g/mol. The molecule has 34 heavy (non-hydrogen) atoms. The van der Waals surface area contributed by atoms with Crippen LogP contribution in [0.25, 0.3) is 32.8 Å². The van der Waals surface area contributed by atoms with Crippen LogP contribution in [0.1, 0.15) is 36.7 Å². The van der Waals surface area contributed by atoms with Crippen molar-refractivity contribution in [2.45, 2.75) is 32.7 Å². The maximum absolute atomic E-state index is 13.5. The largest absolute Gasteiger partial charge is 0.355 e. The number of hydrogen-bond donors (Lipinski definition) is 1. The molecular formula is C28H27N5O. The van der Waals surface area contributed by atoms with E-state index in [1.807, 2.05) is 30.3 Å². The molecule has 170 valence electrons. The van der Waals surface area contributed by atoms with Gasteiger partial charge in [0.1, 0.15) is 0 Å². The molecule has 0 atom stereocenters. The molecule has 1 aliphatic heterocycles. The summed E-state index contributed by atoms with van der Waals surface area (Å²) in [5.41, 5.74) is 5.06. The number of nitrogens with zero attached hydrogens (tertiary/aromatic N) is 4. The van der Waals surface area contributed by atoms with Gasteiger partial charge in [-0.15, -0.1) is 0 Å². The second kappa shape index (κ2) is 8.45. The quantitative estimate of drug-likeness (QED) is 0.365. The minimum Gasteiger partial charge on any atom is -0.355 e. The number of carbonyl (C=O) groups excluding carboxylic acids is 1. The number of piperidine rings is 1. The van der Waals surface area contributed by atoms with Gasteiger partial charge in [0.05, 0.1) is 11.0 Å². The number of nitrogens with one attached hydrogen (secondary N) is 1. The van der Waals surface area contributed by atoms with Gasteiger partial charge in [-0.05, 0) is 62.6 Å². The smallest absolute Gasteiger partial charge is 0.278 e. The lowest BCUT2D eigenvalue weighted by molar-refractivity contribution is 0.102. The molecule has 6 rings (SSSR count). The normalized spacial score (nSPS) is 14.2. The van der Waals surface area contributed by atoms with E-state index in [-0.39, 0.29) is 5.91 Å². The van der Waals surface area contributed by atoms with Crippen LogP contribution in [0, 0.1) is 0 Å². The standard InChI is InChI=1S/C28H27N5O/c1-2-33-24-13-7-4-10-20(24)21-18-19(14-15-25(21)33)29-28(34)26-27(32-16-8-3-9-17-32)31-23-12-6-5-11-22(23)30-26/h4-7,10-15,18H,2-3,8-9,16-17H2,1H3,(H,29,34). The monoisotopic (exact) mass is 449 g/mol. The first-order valence-electron chi connectivity index (χ1n) is 12.1. The van der Waals surface area contributed by atoms with E-state index >= 15 is 0 Å². The summed E-state index contributed by atoms with van der Waals surface area (Å²) in [5, 5.41) is 5.43. The lowest BCUT2D eigenvalue weighted by Gasteiger charge is -2.29. The highest BCUT2D eigenvalue weighted by Gasteiger charge is 2.23. The average Bonchev–Trinajstić information content (AvgIpc) is 3.21. The first kappa shape index (κ1) is 20.7. The van der Waals surface area contributed by atoms with Crippen LogP contribution >= 0.6 is 0 Å². The van der Waals surface area contributed by atoms with E-state index in [0.717, 1.165) is 54.6 Å². The van der Waals surface area contributed by atoms with Gasteiger partial charge in [0.2, 0.25) is 0 Å². The summed E-state index contributed by atoms with van der Waals surface area (Å²) in [6.07, 6.45) is 3.42. The van der Waals surface area contributed by atoms with Crippen molar-refractivity contribution in [1.29, 1.82) is 0 Å². The van der Waals surface area contributed by atoms with E-state index in [1.54, 1.807) is 0 Å². The SMILES string of the molecule is CCn1c2ccccc2c2cc(NC(=O)c3nc4ccccc4nc3N3CCCCC3)ccc21. The van der Waals surface area contributed by atoms with Gasteiger partial charge in [0.15, 0.2) is 11.5 Å². The summed E-state index contributed by atoms with van der Waals surface area (Å²) >= 11 is 0. The van der Waals surface area contributed by atoms with Crippen LogP contribution in [0.3, 0.4) is 0 Å². The minimum absolute atomic E-state index is 0.225. The predicted octanol–water partition coefficient (Wildman–Crippen LogP) is 6.00. The molecule has 5 aromatic rings. The number of fused-ring (bicyclic) bond motifs is 4. The molecule has 1 fully saturated rings. The number of para-hydroxylation sites is 3. The zero-order valence-corrected chi connectivity index (χ0v) is 19.3. The predicted molar refractivity (Wildman–Crippen MR) is 139 cm³/mol. The molecule has 2 aromatic heterocycles. The van der Waals surface area contributed by atoms with Crippen molar-refractivity contribution < 1.29 is 4.79 Å². The van der Waals surface area contributed by atoms with Gasteiger partial charge < -0.3 is 14.8 Å². The molecule has 0 aliphatic carbocycles. The van der Waals surface area contributed by atoms with E-state index < -0.39 is 0 Å². The Kier molecular flexibility index (Phi) is 5.13. The highest BCUT2D eigenvalue weighted by molar-refractivity contribution is 6.12. The van der Waals surface area contributed by atoms with E-state index in [9.17, 15) is 4.79 Å². The summed E-state index contributed by atoms with van der Waals surface area (Å²) in [7, 11) is 0. The van der Waals surface area contributed by atoms with Gasteiger partial charge >= 0.3 is 0 Å². The molecule has 1 aliphatic rings. The number of benzene rings is 3. The lowest BCUT2D eigenvalue weighted by atomic mass is 10.1.